The zero-order valence-corrected chi connectivity index (χ0v) is 14.8. The van der Waals surface area contributed by atoms with Gasteiger partial charge in [-0.1, -0.05) is 18.2 Å². The van der Waals surface area contributed by atoms with Crippen LogP contribution in [0.1, 0.15) is 38.2 Å². The molecule has 3 N–H and O–H groups in total. The Balaban J connectivity index is 0.00000208. The number of rotatable bonds is 4. The first-order valence-corrected chi connectivity index (χ1v) is 8.53. The van der Waals surface area contributed by atoms with E-state index in [4.69, 9.17) is 0 Å². The first-order valence-electron chi connectivity index (χ1n) is 8.53. The molecule has 132 valence electrons. The number of hydrogen-bond acceptors (Lipinski definition) is 3. The van der Waals surface area contributed by atoms with Crippen LogP contribution >= 0.6 is 12.4 Å². The van der Waals surface area contributed by atoms with E-state index in [0.29, 0.717) is 18.9 Å². The monoisotopic (exact) mass is 351 g/mol. The van der Waals surface area contributed by atoms with E-state index in [1.54, 1.807) is 0 Å². The quantitative estimate of drug-likeness (QED) is 0.779. The Hall–Kier alpha value is -1.59. The second-order valence-electron chi connectivity index (χ2n) is 6.73. The molecule has 1 saturated heterocycles. The molecule has 0 spiro atoms. The van der Waals surface area contributed by atoms with E-state index in [0.717, 1.165) is 37.1 Å². The fourth-order valence-corrected chi connectivity index (χ4v) is 3.51. The highest BCUT2D eigenvalue weighted by atomic mass is 35.5. The van der Waals surface area contributed by atoms with Gasteiger partial charge in [0, 0.05) is 30.1 Å². The molecule has 3 unspecified atom stereocenters. The average molecular weight is 352 g/mol. The molecule has 2 aliphatic heterocycles. The minimum absolute atomic E-state index is 0. The highest BCUT2D eigenvalue weighted by Crippen LogP contribution is 2.27. The molecule has 24 heavy (non-hydrogen) atoms. The van der Waals surface area contributed by atoms with Gasteiger partial charge in [-0.15, -0.1) is 12.4 Å². The summed E-state index contributed by atoms with van der Waals surface area (Å²) in [5.41, 5.74) is 2.06. The van der Waals surface area contributed by atoms with Gasteiger partial charge in [0.2, 0.25) is 11.8 Å². The van der Waals surface area contributed by atoms with E-state index < -0.39 is 0 Å². The van der Waals surface area contributed by atoms with Crippen LogP contribution < -0.4 is 16.0 Å². The number of benzene rings is 1. The lowest BCUT2D eigenvalue weighted by Crippen LogP contribution is -2.46. The summed E-state index contributed by atoms with van der Waals surface area (Å²) < 4.78 is 0. The van der Waals surface area contributed by atoms with E-state index >= 15 is 0 Å². The van der Waals surface area contributed by atoms with Crippen LogP contribution in [0.25, 0.3) is 0 Å². The van der Waals surface area contributed by atoms with Crippen molar-refractivity contribution in [3.63, 3.8) is 0 Å². The van der Waals surface area contributed by atoms with Crippen LogP contribution in [0.3, 0.4) is 0 Å². The Morgan fingerprint density at radius 2 is 2.12 bits per heavy atom. The number of carbonyl (C=O) groups is 2. The molecule has 0 saturated carbocycles. The summed E-state index contributed by atoms with van der Waals surface area (Å²) in [4.78, 5) is 24.3. The van der Waals surface area contributed by atoms with Crippen LogP contribution in [0, 0.1) is 5.92 Å². The molecule has 3 rings (SSSR count). The largest absolute Gasteiger partial charge is 0.353 e. The normalized spacial score (nSPS) is 25.9. The molecule has 1 aromatic carbocycles. The lowest BCUT2D eigenvalue weighted by atomic mass is 9.89. The minimum atomic E-state index is -0.109. The molecular weight excluding hydrogens is 326 g/mol. The number of fused-ring (bicyclic) bond motifs is 1. The van der Waals surface area contributed by atoms with Crippen LogP contribution in [-0.2, 0) is 16.0 Å². The highest BCUT2D eigenvalue weighted by molar-refractivity contribution is 5.96. The van der Waals surface area contributed by atoms with Gasteiger partial charge in [0.1, 0.15) is 0 Å². The summed E-state index contributed by atoms with van der Waals surface area (Å²) >= 11 is 0. The zero-order valence-electron chi connectivity index (χ0n) is 14.0. The molecule has 6 heteroatoms. The van der Waals surface area contributed by atoms with Gasteiger partial charge in [-0.3, -0.25) is 9.59 Å². The molecule has 1 aromatic rings. The third-order valence-corrected chi connectivity index (χ3v) is 4.82. The molecule has 5 nitrogen and oxygen atoms in total. The van der Waals surface area contributed by atoms with E-state index in [9.17, 15) is 9.59 Å². The predicted molar refractivity (Wildman–Crippen MR) is 97.4 cm³/mol. The smallest absolute Gasteiger partial charge is 0.227 e. The van der Waals surface area contributed by atoms with E-state index in [1.807, 2.05) is 24.3 Å². The molecular formula is C18H26ClN3O2. The Bertz CT molecular complexity index is 593. The van der Waals surface area contributed by atoms with Crippen molar-refractivity contribution in [2.45, 2.75) is 51.1 Å². The second kappa shape index (κ2) is 8.49. The third-order valence-electron chi connectivity index (χ3n) is 4.82. The first-order chi connectivity index (χ1) is 11.1. The highest BCUT2D eigenvalue weighted by Gasteiger charge is 2.27. The average Bonchev–Trinajstić information content (AvgIpc) is 2.53. The summed E-state index contributed by atoms with van der Waals surface area (Å²) in [5.74, 6) is -0.00894. The van der Waals surface area contributed by atoms with E-state index in [1.165, 1.54) is 0 Å². The van der Waals surface area contributed by atoms with Gasteiger partial charge < -0.3 is 16.0 Å². The van der Waals surface area contributed by atoms with Crippen molar-refractivity contribution < 1.29 is 9.59 Å². The standard InChI is InChI=1S/C18H25N3O2.ClH/c1-12-10-15(8-9-19-12)20-17(22)7-6-14-11-13-4-2-3-5-16(13)21-18(14)23;/h2-5,12,14-15,19H,6-11H2,1H3,(H,20,22)(H,21,23);1H. The maximum atomic E-state index is 12.2. The van der Waals surface area contributed by atoms with E-state index in [2.05, 4.69) is 22.9 Å². The SMILES string of the molecule is CC1CC(NC(=O)CCC2Cc3ccccc3NC2=O)CCN1.Cl. The Kier molecular flexibility index (Phi) is 6.63. The van der Waals surface area contributed by atoms with Crippen molar-refractivity contribution in [1.82, 2.24) is 10.6 Å². The van der Waals surface area contributed by atoms with Crippen molar-refractivity contribution in [3.8, 4) is 0 Å². The molecule has 2 amide bonds. The Morgan fingerprint density at radius 3 is 2.92 bits per heavy atom. The van der Waals surface area contributed by atoms with Crippen LogP contribution in [-0.4, -0.2) is 30.4 Å². The van der Waals surface area contributed by atoms with Gasteiger partial charge in [-0.2, -0.15) is 0 Å². The van der Waals surface area contributed by atoms with Crippen LogP contribution in [0.5, 0.6) is 0 Å². The van der Waals surface area contributed by atoms with E-state index in [-0.39, 0.29) is 36.2 Å². The lowest BCUT2D eigenvalue weighted by molar-refractivity contribution is -0.123. The third kappa shape index (κ3) is 4.71. The second-order valence-corrected chi connectivity index (χ2v) is 6.73. The zero-order chi connectivity index (χ0) is 16.2. The van der Waals surface area contributed by atoms with Gasteiger partial charge in [0.15, 0.2) is 0 Å². The summed E-state index contributed by atoms with van der Waals surface area (Å²) in [6.45, 7) is 3.09. The van der Waals surface area contributed by atoms with Crippen molar-refractivity contribution in [1.29, 1.82) is 0 Å². The number of halogens is 1. The molecule has 0 bridgehead atoms. The summed E-state index contributed by atoms with van der Waals surface area (Å²) in [7, 11) is 0. The maximum Gasteiger partial charge on any atom is 0.227 e. The summed E-state index contributed by atoms with van der Waals surface area (Å²) in [6, 6.07) is 8.59. The fraction of sp³-hybridized carbons (Fsp3) is 0.556. The maximum absolute atomic E-state index is 12.2. The first kappa shape index (κ1) is 18.7. The molecule has 3 atom stereocenters. The van der Waals surface area contributed by atoms with Crippen LogP contribution in [0.15, 0.2) is 24.3 Å². The predicted octanol–water partition coefficient (Wildman–Crippen LogP) is 2.26. The number of amides is 2. The van der Waals surface area contributed by atoms with Gasteiger partial charge in [-0.05, 0) is 50.8 Å². The molecule has 0 radical (unpaired) electrons. The summed E-state index contributed by atoms with van der Waals surface area (Å²) in [5, 5.41) is 9.43. The molecule has 0 aliphatic carbocycles. The lowest BCUT2D eigenvalue weighted by Gasteiger charge is -2.29. The minimum Gasteiger partial charge on any atom is -0.353 e. The molecule has 2 aliphatic rings. The van der Waals surface area contributed by atoms with Crippen molar-refractivity contribution in [2.75, 3.05) is 11.9 Å². The number of carbonyl (C=O) groups excluding carboxylic acids is 2. The Labute approximate surface area is 149 Å². The van der Waals surface area contributed by atoms with Gasteiger partial charge in [0.25, 0.3) is 0 Å². The molecule has 1 fully saturated rings. The van der Waals surface area contributed by atoms with Gasteiger partial charge in [0.05, 0.1) is 0 Å². The van der Waals surface area contributed by atoms with Crippen molar-refractivity contribution in [3.05, 3.63) is 29.8 Å². The van der Waals surface area contributed by atoms with Crippen LogP contribution in [0.4, 0.5) is 5.69 Å². The van der Waals surface area contributed by atoms with Gasteiger partial charge in [-0.25, -0.2) is 0 Å². The number of hydrogen-bond donors (Lipinski definition) is 3. The summed E-state index contributed by atoms with van der Waals surface area (Å²) in [6.07, 6.45) is 3.70. The number of anilines is 1. The van der Waals surface area contributed by atoms with Crippen molar-refractivity contribution >= 4 is 29.9 Å². The van der Waals surface area contributed by atoms with Gasteiger partial charge >= 0.3 is 0 Å². The van der Waals surface area contributed by atoms with Crippen molar-refractivity contribution in [2.24, 2.45) is 5.92 Å². The number of nitrogens with one attached hydrogen (secondary N) is 3. The molecule has 2 heterocycles. The topological polar surface area (TPSA) is 70.2 Å². The number of piperidine rings is 1. The fourth-order valence-electron chi connectivity index (χ4n) is 3.51. The molecule has 0 aromatic heterocycles. The Morgan fingerprint density at radius 1 is 1.33 bits per heavy atom. The number of para-hydroxylation sites is 1. The van der Waals surface area contributed by atoms with Crippen LogP contribution in [0.2, 0.25) is 0 Å².